The van der Waals surface area contributed by atoms with Gasteiger partial charge in [-0.3, -0.25) is 0 Å². The Morgan fingerprint density at radius 1 is 0.388 bits per heavy atom. The third-order valence-corrected chi connectivity index (χ3v) is 10.5. The second-order valence-corrected chi connectivity index (χ2v) is 13.6. The molecule has 0 spiro atoms. The smallest absolute Gasteiger partial charge is 0.164 e. The maximum Gasteiger partial charge on any atom is 0.164 e. The highest BCUT2D eigenvalue weighted by molar-refractivity contribution is 6.32. The average Bonchev–Trinajstić information content (AvgIpc) is 3.40. The van der Waals surface area contributed by atoms with E-state index in [0.717, 1.165) is 16.7 Å². The van der Waals surface area contributed by atoms with Gasteiger partial charge in [0.2, 0.25) is 0 Å². The molecule has 0 atom stereocenters. The van der Waals surface area contributed by atoms with Crippen LogP contribution in [0, 0.1) is 0 Å². The number of benzene rings is 8. The molecule has 230 valence electrons. The highest BCUT2D eigenvalue weighted by atomic mass is 15.0. The molecule has 1 aliphatic carbocycles. The molecule has 0 saturated heterocycles. The zero-order chi connectivity index (χ0) is 32.7. The fraction of sp³-hybridized carbons (Fsp3) is 0.0652. The minimum Gasteiger partial charge on any atom is -0.208 e. The van der Waals surface area contributed by atoms with Crippen molar-refractivity contribution in [1.82, 2.24) is 15.0 Å². The standard InChI is InChI=1S/C46H31N3/c1-46(2)39-27-31(45-48-43(29-14-5-3-6-15-29)47-44(49-45)30-16-7-4-8-17-30)22-23-34(39)37-25-26-38-40-32-18-10-9-13-28(32)21-24-36(40)33-19-11-12-20-35(33)41(38)42(37)46/h3-27H,1-2H3. The molecule has 1 aromatic heterocycles. The predicted molar refractivity (Wildman–Crippen MR) is 204 cm³/mol. The van der Waals surface area contributed by atoms with Gasteiger partial charge in [-0.2, -0.15) is 0 Å². The van der Waals surface area contributed by atoms with Gasteiger partial charge in [0.15, 0.2) is 17.5 Å². The van der Waals surface area contributed by atoms with Gasteiger partial charge in [-0.05, 0) is 71.4 Å². The summed E-state index contributed by atoms with van der Waals surface area (Å²) in [5.41, 5.74) is 7.90. The molecule has 8 aromatic carbocycles. The van der Waals surface area contributed by atoms with Gasteiger partial charge in [0, 0.05) is 22.1 Å². The summed E-state index contributed by atoms with van der Waals surface area (Å²) in [7, 11) is 0. The first kappa shape index (κ1) is 27.9. The van der Waals surface area contributed by atoms with Crippen molar-refractivity contribution in [1.29, 1.82) is 0 Å². The van der Waals surface area contributed by atoms with E-state index in [4.69, 9.17) is 15.0 Å². The van der Waals surface area contributed by atoms with Gasteiger partial charge in [0.05, 0.1) is 0 Å². The van der Waals surface area contributed by atoms with Crippen LogP contribution < -0.4 is 0 Å². The summed E-state index contributed by atoms with van der Waals surface area (Å²) in [6, 6.07) is 54.1. The van der Waals surface area contributed by atoms with E-state index in [1.165, 1.54) is 65.3 Å². The van der Waals surface area contributed by atoms with Crippen LogP contribution in [0.3, 0.4) is 0 Å². The Kier molecular flexibility index (Phi) is 5.92. The zero-order valence-electron chi connectivity index (χ0n) is 27.3. The van der Waals surface area contributed by atoms with Crippen molar-refractivity contribution in [3.8, 4) is 45.3 Å². The zero-order valence-corrected chi connectivity index (χ0v) is 27.3. The van der Waals surface area contributed by atoms with Crippen molar-refractivity contribution in [2.24, 2.45) is 0 Å². The lowest BCUT2D eigenvalue weighted by atomic mass is 9.78. The second-order valence-electron chi connectivity index (χ2n) is 13.6. The Morgan fingerprint density at radius 2 is 0.918 bits per heavy atom. The minimum absolute atomic E-state index is 0.265. The first-order chi connectivity index (χ1) is 24.1. The van der Waals surface area contributed by atoms with Crippen LogP contribution in [0.1, 0.15) is 25.0 Å². The molecule has 0 N–H and O–H groups in total. The van der Waals surface area contributed by atoms with E-state index >= 15 is 0 Å². The Balaban J connectivity index is 1.22. The van der Waals surface area contributed by atoms with E-state index in [1.54, 1.807) is 0 Å². The number of fused-ring (bicyclic) bond motifs is 12. The Bertz CT molecular complexity index is 2730. The van der Waals surface area contributed by atoms with E-state index in [0.29, 0.717) is 17.5 Å². The van der Waals surface area contributed by atoms with E-state index in [2.05, 4.69) is 129 Å². The van der Waals surface area contributed by atoms with Gasteiger partial charge >= 0.3 is 0 Å². The largest absolute Gasteiger partial charge is 0.208 e. The quantitative estimate of drug-likeness (QED) is 0.183. The van der Waals surface area contributed by atoms with Crippen molar-refractivity contribution in [2.75, 3.05) is 0 Å². The molecule has 0 aliphatic heterocycles. The van der Waals surface area contributed by atoms with E-state index in [1.807, 2.05) is 36.4 Å². The van der Waals surface area contributed by atoms with Crippen LogP contribution in [0.15, 0.2) is 152 Å². The molecule has 0 bridgehead atoms. The van der Waals surface area contributed by atoms with E-state index in [9.17, 15) is 0 Å². The van der Waals surface area contributed by atoms with Gasteiger partial charge in [-0.25, -0.2) is 15.0 Å². The normalized spacial score (nSPS) is 13.3. The lowest BCUT2D eigenvalue weighted by molar-refractivity contribution is 0.667. The molecule has 0 unspecified atom stereocenters. The second kappa shape index (κ2) is 10.4. The minimum atomic E-state index is -0.265. The molecule has 9 aromatic rings. The van der Waals surface area contributed by atoms with Crippen LogP contribution in [0.4, 0.5) is 0 Å². The summed E-state index contributed by atoms with van der Waals surface area (Å²) in [5, 5.41) is 10.4. The van der Waals surface area contributed by atoms with Crippen LogP contribution in [-0.4, -0.2) is 15.0 Å². The van der Waals surface area contributed by atoms with Crippen LogP contribution >= 0.6 is 0 Å². The van der Waals surface area contributed by atoms with Gasteiger partial charge in [-0.15, -0.1) is 0 Å². The molecule has 49 heavy (non-hydrogen) atoms. The van der Waals surface area contributed by atoms with Gasteiger partial charge < -0.3 is 0 Å². The molecule has 0 fully saturated rings. The number of aromatic nitrogens is 3. The highest BCUT2D eigenvalue weighted by Crippen LogP contribution is 2.54. The molecule has 3 nitrogen and oxygen atoms in total. The highest BCUT2D eigenvalue weighted by Gasteiger charge is 2.38. The van der Waals surface area contributed by atoms with Crippen LogP contribution in [0.25, 0.3) is 88.4 Å². The van der Waals surface area contributed by atoms with Crippen molar-refractivity contribution in [3.63, 3.8) is 0 Å². The number of hydrogen-bond donors (Lipinski definition) is 0. The summed E-state index contributed by atoms with van der Waals surface area (Å²) in [6.45, 7) is 4.75. The van der Waals surface area contributed by atoms with E-state index < -0.39 is 0 Å². The maximum atomic E-state index is 5.05. The van der Waals surface area contributed by atoms with Crippen molar-refractivity contribution in [2.45, 2.75) is 19.3 Å². The summed E-state index contributed by atoms with van der Waals surface area (Å²) >= 11 is 0. The summed E-state index contributed by atoms with van der Waals surface area (Å²) in [4.78, 5) is 15.0. The topological polar surface area (TPSA) is 38.7 Å². The third kappa shape index (κ3) is 4.12. The predicted octanol–water partition coefficient (Wildman–Crippen LogP) is 11.8. The SMILES string of the molecule is CC1(C)c2cc(-c3nc(-c4ccccc4)nc(-c4ccccc4)n3)ccc2-c2ccc3c(c21)c1ccccc1c1ccc2ccccc2c13. The first-order valence-electron chi connectivity index (χ1n) is 16.9. The lowest BCUT2D eigenvalue weighted by Gasteiger charge is -2.25. The van der Waals surface area contributed by atoms with E-state index in [-0.39, 0.29) is 5.41 Å². The van der Waals surface area contributed by atoms with Gasteiger partial charge in [-0.1, -0.05) is 159 Å². The summed E-state index contributed by atoms with van der Waals surface area (Å²) in [6.07, 6.45) is 0. The van der Waals surface area contributed by atoms with Crippen LogP contribution in [-0.2, 0) is 5.41 Å². The van der Waals surface area contributed by atoms with Gasteiger partial charge in [0.25, 0.3) is 0 Å². The maximum absolute atomic E-state index is 5.05. The fourth-order valence-electron chi connectivity index (χ4n) is 8.19. The molecule has 1 heterocycles. The molecule has 1 aliphatic rings. The fourth-order valence-corrected chi connectivity index (χ4v) is 8.19. The molecule has 0 radical (unpaired) electrons. The Labute approximate surface area is 284 Å². The van der Waals surface area contributed by atoms with Crippen molar-refractivity contribution >= 4 is 43.1 Å². The molecule has 0 saturated carbocycles. The Morgan fingerprint density at radius 3 is 1.61 bits per heavy atom. The molecular weight excluding hydrogens is 595 g/mol. The number of rotatable bonds is 3. The molecule has 0 amide bonds. The molecular formula is C46H31N3. The van der Waals surface area contributed by atoms with Gasteiger partial charge in [0.1, 0.15) is 0 Å². The summed E-state index contributed by atoms with van der Waals surface area (Å²) in [5.74, 6) is 2.02. The van der Waals surface area contributed by atoms with Crippen LogP contribution in [0.2, 0.25) is 0 Å². The molecule has 10 rings (SSSR count). The number of nitrogens with zero attached hydrogens (tertiary/aromatic N) is 3. The third-order valence-electron chi connectivity index (χ3n) is 10.5. The Hall–Kier alpha value is -6.19. The first-order valence-corrected chi connectivity index (χ1v) is 16.9. The van der Waals surface area contributed by atoms with Crippen LogP contribution in [0.5, 0.6) is 0 Å². The van der Waals surface area contributed by atoms with Crippen molar-refractivity contribution in [3.05, 3.63) is 163 Å². The lowest BCUT2D eigenvalue weighted by Crippen LogP contribution is -2.16. The number of hydrogen-bond acceptors (Lipinski definition) is 3. The van der Waals surface area contributed by atoms with Crippen molar-refractivity contribution < 1.29 is 0 Å². The summed E-state index contributed by atoms with van der Waals surface area (Å²) < 4.78 is 0. The molecule has 3 heteroatoms. The monoisotopic (exact) mass is 625 g/mol. The average molecular weight is 626 g/mol.